The molecule has 0 aromatic carbocycles. The van der Waals surface area contributed by atoms with Crippen molar-refractivity contribution in [1.29, 1.82) is 0 Å². The normalized spacial score (nSPS) is 33.3. The first-order valence-electron chi connectivity index (χ1n) is 9.11. The molecule has 4 unspecified atom stereocenters. The fraction of sp³-hybridized carbons (Fsp3) is 0.944. The van der Waals surface area contributed by atoms with E-state index in [-0.39, 0.29) is 12.1 Å². The van der Waals surface area contributed by atoms with E-state index in [4.69, 9.17) is 4.74 Å². The molecule has 128 valence electrons. The largest absolute Gasteiger partial charge is 0.444 e. The Labute approximate surface area is 135 Å². The Bertz CT molecular complexity index is 365. The predicted molar refractivity (Wildman–Crippen MR) is 90.0 cm³/mol. The van der Waals surface area contributed by atoms with Crippen LogP contribution < -0.4 is 10.6 Å². The average molecular weight is 310 g/mol. The number of alkyl carbamates (subject to hydrolysis) is 1. The van der Waals surface area contributed by atoms with Gasteiger partial charge in [-0.2, -0.15) is 0 Å². The molecule has 4 atom stereocenters. The quantitative estimate of drug-likeness (QED) is 0.775. The molecule has 22 heavy (non-hydrogen) atoms. The molecular weight excluding hydrogens is 276 g/mol. The summed E-state index contributed by atoms with van der Waals surface area (Å²) in [6.45, 7) is 8.08. The van der Waals surface area contributed by atoms with Crippen LogP contribution in [-0.2, 0) is 4.74 Å². The Hall–Kier alpha value is -0.770. The lowest BCUT2D eigenvalue weighted by Crippen LogP contribution is -2.53. The topological polar surface area (TPSA) is 50.4 Å². The first-order valence-corrected chi connectivity index (χ1v) is 9.11. The van der Waals surface area contributed by atoms with Crippen LogP contribution in [-0.4, -0.2) is 29.8 Å². The van der Waals surface area contributed by atoms with Gasteiger partial charge < -0.3 is 15.4 Å². The van der Waals surface area contributed by atoms with Crippen molar-refractivity contribution in [3.8, 4) is 0 Å². The molecule has 4 nitrogen and oxygen atoms in total. The zero-order valence-corrected chi connectivity index (χ0v) is 14.8. The monoisotopic (exact) mass is 310 g/mol. The molecule has 2 saturated carbocycles. The van der Waals surface area contributed by atoms with Gasteiger partial charge in [0.25, 0.3) is 0 Å². The minimum atomic E-state index is -0.433. The van der Waals surface area contributed by atoms with Crippen molar-refractivity contribution in [2.75, 3.05) is 0 Å². The number of carbonyl (C=O) groups excluding carboxylic acids is 1. The molecule has 0 saturated heterocycles. The van der Waals surface area contributed by atoms with E-state index in [2.05, 4.69) is 17.6 Å². The van der Waals surface area contributed by atoms with Crippen LogP contribution in [0.25, 0.3) is 0 Å². The summed E-state index contributed by atoms with van der Waals surface area (Å²) in [5.41, 5.74) is -0.433. The number of amides is 1. The fourth-order valence-corrected chi connectivity index (χ4v) is 3.81. The lowest BCUT2D eigenvalue weighted by atomic mass is 9.99. The van der Waals surface area contributed by atoms with Gasteiger partial charge in [0.15, 0.2) is 0 Å². The molecule has 2 aliphatic carbocycles. The van der Waals surface area contributed by atoms with Gasteiger partial charge in [-0.3, -0.25) is 0 Å². The van der Waals surface area contributed by atoms with Crippen molar-refractivity contribution < 1.29 is 9.53 Å². The minimum absolute atomic E-state index is 0.199. The molecule has 1 amide bonds. The van der Waals surface area contributed by atoms with Gasteiger partial charge in [0.1, 0.15) is 5.60 Å². The summed E-state index contributed by atoms with van der Waals surface area (Å²) >= 11 is 0. The Morgan fingerprint density at radius 1 is 0.909 bits per heavy atom. The Balaban J connectivity index is 1.93. The van der Waals surface area contributed by atoms with Crippen molar-refractivity contribution in [2.45, 2.75) is 103 Å². The average Bonchev–Trinajstić information content (AvgIpc) is 2.66. The number of hydrogen-bond donors (Lipinski definition) is 2. The third kappa shape index (κ3) is 5.45. The van der Waals surface area contributed by atoms with Gasteiger partial charge in [-0.25, -0.2) is 4.79 Å². The van der Waals surface area contributed by atoms with Crippen LogP contribution in [0.2, 0.25) is 0 Å². The van der Waals surface area contributed by atoms with E-state index in [0.29, 0.717) is 12.1 Å². The summed E-state index contributed by atoms with van der Waals surface area (Å²) in [6.07, 6.45) is 9.59. The Kier molecular flexibility index (Phi) is 6.13. The van der Waals surface area contributed by atoms with E-state index in [0.717, 1.165) is 18.8 Å². The molecule has 0 bridgehead atoms. The third-order valence-electron chi connectivity index (χ3n) is 5.01. The van der Waals surface area contributed by atoms with E-state index in [1.54, 1.807) is 0 Å². The van der Waals surface area contributed by atoms with E-state index < -0.39 is 5.60 Å². The molecule has 0 spiro atoms. The fourth-order valence-electron chi connectivity index (χ4n) is 3.81. The molecule has 0 aromatic heterocycles. The molecule has 0 radical (unpaired) electrons. The van der Waals surface area contributed by atoms with Crippen molar-refractivity contribution in [2.24, 2.45) is 5.92 Å². The molecule has 0 heterocycles. The van der Waals surface area contributed by atoms with Gasteiger partial charge >= 0.3 is 6.09 Å². The Morgan fingerprint density at radius 3 is 2.14 bits per heavy atom. The maximum Gasteiger partial charge on any atom is 0.407 e. The first-order chi connectivity index (χ1) is 10.3. The van der Waals surface area contributed by atoms with Crippen LogP contribution in [0, 0.1) is 5.92 Å². The Morgan fingerprint density at radius 2 is 1.55 bits per heavy atom. The molecule has 2 fully saturated rings. The highest BCUT2D eigenvalue weighted by Crippen LogP contribution is 2.27. The van der Waals surface area contributed by atoms with Crippen LogP contribution in [0.4, 0.5) is 4.79 Å². The summed E-state index contributed by atoms with van der Waals surface area (Å²) in [4.78, 5) is 12.1. The summed E-state index contributed by atoms with van der Waals surface area (Å²) in [5.74, 6) is 0.755. The van der Waals surface area contributed by atoms with Crippen LogP contribution in [0.15, 0.2) is 0 Å². The van der Waals surface area contributed by atoms with Crippen molar-refractivity contribution in [3.63, 3.8) is 0 Å². The second kappa shape index (κ2) is 7.67. The van der Waals surface area contributed by atoms with Gasteiger partial charge in [-0.1, -0.05) is 32.6 Å². The van der Waals surface area contributed by atoms with Crippen molar-refractivity contribution >= 4 is 6.09 Å². The summed E-state index contributed by atoms with van der Waals surface area (Å²) in [6, 6.07) is 1.21. The SMILES string of the molecule is CC1CCCC1NC1CCCCCC1NC(=O)OC(C)(C)C. The van der Waals surface area contributed by atoms with Crippen molar-refractivity contribution in [3.05, 3.63) is 0 Å². The second-order valence-electron chi connectivity index (χ2n) is 8.18. The molecule has 2 aliphatic rings. The maximum absolute atomic E-state index is 12.1. The molecule has 2 rings (SSSR count). The van der Waals surface area contributed by atoms with Gasteiger partial charge in [-0.15, -0.1) is 0 Å². The number of rotatable bonds is 3. The summed E-state index contributed by atoms with van der Waals surface area (Å²) in [7, 11) is 0. The van der Waals surface area contributed by atoms with Crippen LogP contribution in [0.1, 0.15) is 79.1 Å². The number of hydrogen-bond acceptors (Lipinski definition) is 3. The van der Waals surface area contributed by atoms with Crippen molar-refractivity contribution in [1.82, 2.24) is 10.6 Å². The van der Waals surface area contributed by atoms with Gasteiger partial charge in [0, 0.05) is 18.1 Å². The first kappa shape index (κ1) is 17.6. The summed E-state index contributed by atoms with van der Waals surface area (Å²) in [5, 5.41) is 6.99. The lowest BCUT2D eigenvalue weighted by Gasteiger charge is -2.32. The molecule has 2 N–H and O–H groups in total. The highest BCUT2D eigenvalue weighted by atomic mass is 16.6. The van der Waals surface area contributed by atoms with E-state index >= 15 is 0 Å². The molecule has 0 aromatic rings. The number of carbonyl (C=O) groups is 1. The number of nitrogens with one attached hydrogen (secondary N) is 2. The van der Waals surface area contributed by atoms with Gasteiger partial charge in [0.2, 0.25) is 0 Å². The zero-order chi connectivity index (χ0) is 16.2. The zero-order valence-electron chi connectivity index (χ0n) is 14.8. The van der Waals surface area contributed by atoms with E-state index in [9.17, 15) is 4.79 Å². The standard InChI is InChI=1S/C18H34N2O2/c1-13-9-8-12-14(13)19-15-10-6-5-7-11-16(15)20-17(21)22-18(2,3)4/h13-16,19H,5-12H2,1-4H3,(H,20,21). The van der Waals surface area contributed by atoms with Crippen LogP contribution in [0.5, 0.6) is 0 Å². The van der Waals surface area contributed by atoms with Crippen LogP contribution in [0.3, 0.4) is 0 Å². The second-order valence-corrected chi connectivity index (χ2v) is 8.18. The lowest BCUT2D eigenvalue weighted by molar-refractivity contribution is 0.0487. The maximum atomic E-state index is 12.1. The van der Waals surface area contributed by atoms with E-state index in [1.165, 1.54) is 38.5 Å². The van der Waals surface area contributed by atoms with Crippen LogP contribution >= 0.6 is 0 Å². The molecule has 0 aliphatic heterocycles. The highest BCUT2D eigenvalue weighted by molar-refractivity contribution is 5.68. The number of ether oxygens (including phenoxy) is 1. The summed E-state index contributed by atoms with van der Waals surface area (Å²) < 4.78 is 5.44. The van der Waals surface area contributed by atoms with Gasteiger partial charge in [-0.05, 0) is 52.4 Å². The molecule has 4 heteroatoms. The third-order valence-corrected chi connectivity index (χ3v) is 5.01. The minimum Gasteiger partial charge on any atom is -0.444 e. The highest BCUT2D eigenvalue weighted by Gasteiger charge is 2.31. The smallest absolute Gasteiger partial charge is 0.407 e. The van der Waals surface area contributed by atoms with E-state index in [1.807, 2.05) is 20.8 Å². The molecular formula is C18H34N2O2. The van der Waals surface area contributed by atoms with Gasteiger partial charge in [0.05, 0.1) is 0 Å². The predicted octanol–water partition coefficient (Wildman–Crippen LogP) is 3.99.